The van der Waals surface area contributed by atoms with E-state index in [2.05, 4.69) is 50.4 Å². The van der Waals surface area contributed by atoms with E-state index < -0.39 is 18.2 Å². The molecule has 0 fully saturated rings. The first-order valence-electron chi connectivity index (χ1n) is 29.1. The van der Waals surface area contributed by atoms with Gasteiger partial charge in [0.15, 0.2) is 0 Å². The molecule has 0 aliphatic carbocycles. The maximum atomic E-state index is 13.2. The van der Waals surface area contributed by atoms with Crippen LogP contribution in [0.2, 0.25) is 0 Å². The second kappa shape index (κ2) is 53.3. The van der Waals surface area contributed by atoms with Crippen LogP contribution >= 0.6 is 0 Å². The molecule has 0 aliphatic heterocycles. The largest absolute Gasteiger partial charge is 0.462 e. The number of aliphatic hydroxyl groups excluding tert-OH is 2. The molecular weight excluding hydrogens is 803 g/mol. The summed E-state index contributed by atoms with van der Waals surface area (Å²) < 4.78 is 5.95. The van der Waals surface area contributed by atoms with Crippen molar-refractivity contribution in [3.05, 3.63) is 24.3 Å². The molecule has 3 N–H and O–H groups in total. The Labute approximate surface area is 405 Å². The fourth-order valence-corrected chi connectivity index (χ4v) is 9.18. The minimum atomic E-state index is -0.788. The fraction of sp³-hybridized carbons (Fsp3) is 0.898. The van der Waals surface area contributed by atoms with Crippen molar-refractivity contribution in [2.75, 3.05) is 6.61 Å². The van der Waals surface area contributed by atoms with Crippen LogP contribution in [0.25, 0.3) is 0 Å². The average Bonchev–Trinajstić information content (AvgIpc) is 3.30. The molecule has 0 rings (SSSR count). The zero-order valence-corrected chi connectivity index (χ0v) is 43.9. The second-order valence-corrected chi connectivity index (χ2v) is 20.0. The summed E-state index contributed by atoms with van der Waals surface area (Å²) in [5.41, 5.74) is 0. The van der Waals surface area contributed by atoms with Gasteiger partial charge < -0.3 is 20.3 Å². The van der Waals surface area contributed by atoms with Crippen LogP contribution in [-0.4, -0.2) is 46.9 Å². The molecular formula is C59H113NO5. The highest BCUT2D eigenvalue weighted by Crippen LogP contribution is 2.19. The standard InChI is InChI=1S/C59H113NO5/c1-4-7-10-13-16-19-22-25-27-28-29-30-32-34-37-40-43-46-49-52-59(64)65-55(50-47-44-41-38-35-24-21-18-15-12-9-6-3)53-58(63)60-56(54-61)57(62)51-48-45-42-39-36-33-31-26-23-20-17-14-11-8-5-2/h9,12,18,21,55-57,61-62H,4-8,10-11,13-17,19-20,22-54H2,1-3H3,(H,60,63)/b12-9+,21-18+. The van der Waals surface area contributed by atoms with Crippen molar-refractivity contribution >= 4 is 11.9 Å². The van der Waals surface area contributed by atoms with Crippen LogP contribution in [-0.2, 0) is 14.3 Å². The molecule has 384 valence electrons. The molecule has 6 heteroatoms. The molecule has 1 amide bonds. The Morgan fingerprint density at radius 2 is 0.831 bits per heavy atom. The topological polar surface area (TPSA) is 95.9 Å². The predicted molar refractivity (Wildman–Crippen MR) is 283 cm³/mol. The van der Waals surface area contributed by atoms with Crippen molar-refractivity contribution in [3.8, 4) is 0 Å². The zero-order valence-electron chi connectivity index (χ0n) is 43.9. The van der Waals surface area contributed by atoms with E-state index in [4.69, 9.17) is 4.74 Å². The van der Waals surface area contributed by atoms with Gasteiger partial charge in [0.25, 0.3) is 0 Å². The normalized spacial score (nSPS) is 13.2. The molecule has 3 atom stereocenters. The number of nitrogens with one attached hydrogen (secondary N) is 1. The van der Waals surface area contributed by atoms with Crippen LogP contribution in [0.15, 0.2) is 24.3 Å². The van der Waals surface area contributed by atoms with Gasteiger partial charge in [0.05, 0.1) is 25.2 Å². The fourth-order valence-electron chi connectivity index (χ4n) is 9.18. The number of allylic oxidation sites excluding steroid dienone is 4. The summed E-state index contributed by atoms with van der Waals surface area (Å²) in [7, 11) is 0. The van der Waals surface area contributed by atoms with Crippen molar-refractivity contribution in [2.24, 2.45) is 0 Å². The van der Waals surface area contributed by atoms with E-state index in [1.165, 1.54) is 199 Å². The summed E-state index contributed by atoms with van der Waals surface area (Å²) in [6.07, 6.45) is 62.5. The summed E-state index contributed by atoms with van der Waals surface area (Å²) in [6, 6.07) is -0.702. The van der Waals surface area contributed by atoms with E-state index in [1.807, 2.05) is 0 Å². The lowest BCUT2D eigenvalue weighted by Crippen LogP contribution is -2.46. The lowest BCUT2D eigenvalue weighted by Gasteiger charge is -2.24. The first kappa shape index (κ1) is 63.3. The number of rotatable bonds is 53. The van der Waals surface area contributed by atoms with Crippen molar-refractivity contribution in [2.45, 2.75) is 334 Å². The minimum Gasteiger partial charge on any atom is -0.462 e. The van der Waals surface area contributed by atoms with Crippen molar-refractivity contribution in [1.29, 1.82) is 0 Å². The zero-order chi connectivity index (χ0) is 47.4. The van der Waals surface area contributed by atoms with E-state index in [-0.39, 0.29) is 24.9 Å². The molecule has 65 heavy (non-hydrogen) atoms. The van der Waals surface area contributed by atoms with Gasteiger partial charge in [-0.2, -0.15) is 0 Å². The van der Waals surface area contributed by atoms with Crippen LogP contribution in [0.3, 0.4) is 0 Å². The van der Waals surface area contributed by atoms with Crippen molar-refractivity contribution < 1.29 is 24.5 Å². The Bertz CT molecular complexity index is 1030. The second-order valence-electron chi connectivity index (χ2n) is 20.0. The number of carbonyl (C=O) groups is 2. The number of amides is 1. The van der Waals surface area contributed by atoms with E-state index in [1.54, 1.807) is 0 Å². The number of hydrogen-bond acceptors (Lipinski definition) is 5. The Morgan fingerprint density at radius 1 is 0.462 bits per heavy atom. The highest BCUT2D eigenvalue weighted by molar-refractivity contribution is 5.77. The molecule has 0 radical (unpaired) electrons. The maximum absolute atomic E-state index is 13.2. The lowest BCUT2D eigenvalue weighted by atomic mass is 10.0. The summed E-state index contributed by atoms with van der Waals surface area (Å²) in [6.45, 7) is 6.42. The summed E-state index contributed by atoms with van der Waals surface area (Å²) in [5, 5.41) is 23.9. The average molecular weight is 917 g/mol. The van der Waals surface area contributed by atoms with Crippen molar-refractivity contribution in [1.82, 2.24) is 5.32 Å². The molecule has 0 bridgehead atoms. The van der Waals surface area contributed by atoms with Gasteiger partial charge in [0.2, 0.25) is 5.91 Å². The molecule has 0 aliphatic rings. The Kier molecular flexibility index (Phi) is 51.9. The van der Waals surface area contributed by atoms with E-state index in [0.717, 1.165) is 70.6 Å². The minimum absolute atomic E-state index is 0.0738. The third-order valence-electron chi connectivity index (χ3n) is 13.5. The highest BCUT2D eigenvalue weighted by Gasteiger charge is 2.24. The first-order valence-corrected chi connectivity index (χ1v) is 29.1. The van der Waals surface area contributed by atoms with Crippen LogP contribution < -0.4 is 5.32 Å². The monoisotopic (exact) mass is 916 g/mol. The number of hydrogen-bond donors (Lipinski definition) is 3. The summed E-state index contributed by atoms with van der Waals surface area (Å²) in [4.78, 5) is 26.2. The van der Waals surface area contributed by atoms with Gasteiger partial charge in [-0.05, 0) is 51.4 Å². The van der Waals surface area contributed by atoms with Crippen molar-refractivity contribution in [3.63, 3.8) is 0 Å². The van der Waals surface area contributed by atoms with Crippen LogP contribution in [0.4, 0.5) is 0 Å². The number of carbonyl (C=O) groups excluding carboxylic acids is 2. The molecule has 0 saturated heterocycles. The molecule has 0 aromatic rings. The molecule has 3 unspecified atom stereocenters. The van der Waals surface area contributed by atoms with Crippen LogP contribution in [0.5, 0.6) is 0 Å². The van der Waals surface area contributed by atoms with Gasteiger partial charge in [-0.3, -0.25) is 9.59 Å². The summed E-state index contributed by atoms with van der Waals surface area (Å²) in [5.74, 6) is -0.469. The van der Waals surface area contributed by atoms with E-state index >= 15 is 0 Å². The molecule has 0 aromatic carbocycles. The number of esters is 1. The molecule has 6 nitrogen and oxygen atoms in total. The van der Waals surface area contributed by atoms with Crippen LogP contribution in [0.1, 0.15) is 316 Å². The number of aliphatic hydroxyl groups is 2. The Morgan fingerprint density at radius 3 is 1.25 bits per heavy atom. The van der Waals surface area contributed by atoms with Gasteiger partial charge in [0, 0.05) is 6.42 Å². The predicted octanol–water partition coefficient (Wildman–Crippen LogP) is 17.9. The SMILES string of the molecule is CC/C=C/C/C=C/CCCCCCCC(CC(=O)NC(CO)C(O)CCCCCCCCCCCCCCCCC)OC(=O)CCCCCCCCCCCCCCCCCCCCC. The molecule has 0 heterocycles. The highest BCUT2D eigenvalue weighted by atomic mass is 16.5. The lowest BCUT2D eigenvalue weighted by molar-refractivity contribution is -0.151. The van der Waals surface area contributed by atoms with Gasteiger partial charge >= 0.3 is 5.97 Å². The van der Waals surface area contributed by atoms with Crippen LogP contribution in [0, 0.1) is 0 Å². The third-order valence-corrected chi connectivity index (χ3v) is 13.5. The quantitative estimate of drug-likeness (QED) is 0.0321. The molecule has 0 aromatic heterocycles. The Balaban J connectivity index is 4.44. The number of ether oxygens (including phenoxy) is 1. The maximum Gasteiger partial charge on any atom is 0.306 e. The van der Waals surface area contributed by atoms with Gasteiger partial charge in [0.1, 0.15) is 6.10 Å². The summed E-state index contributed by atoms with van der Waals surface area (Å²) >= 11 is 0. The van der Waals surface area contributed by atoms with E-state index in [0.29, 0.717) is 19.3 Å². The Hall–Kier alpha value is -1.66. The van der Waals surface area contributed by atoms with Gasteiger partial charge in [-0.25, -0.2) is 0 Å². The smallest absolute Gasteiger partial charge is 0.306 e. The third kappa shape index (κ3) is 48.6. The van der Waals surface area contributed by atoms with Gasteiger partial charge in [-0.15, -0.1) is 0 Å². The number of unbranched alkanes of at least 4 members (excludes halogenated alkanes) is 37. The molecule has 0 saturated carbocycles. The van der Waals surface area contributed by atoms with Gasteiger partial charge in [-0.1, -0.05) is 276 Å². The molecule has 0 spiro atoms. The first-order chi connectivity index (χ1) is 32.0. The van der Waals surface area contributed by atoms with E-state index in [9.17, 15) is 19.8 Å².